The number of rotatable bonds is 4. The highest BCUT2D eigenvalue weighted by atomic mass is 15.0. The molecule has 0 radical (unpaired) electrons. The molecule has 0 bridgehead atoms. The van der Waals surface area contributed by atoms with E-state index in [4.69, 9.17) is 11.5 Å². The quantitative estimate of drug-likeness (QED) is 0.686. The second-order valence-corrected chi connectivity index (χ2v) is 3.10. The van der Waals surface area contributed by atoms with Crippen LogP contribution < -0.4 is 11.5 Å². The zero-order valence-corrected chi connectivity index (χ0v) is 7.95. The van der Waals surface area contributed by atoms with Crippen molar-refractivity contribution in [2.75, 3.05) is 11.5 Å². The number of nitrogens with zero attached hydrogens (tertiary/aromatic N) is 2. The van der Waals surface area contributed by atoms with E-state index >= 15 is 0 Å². The Morgan fingerprint density at radius 2 is 2.00 bits per heavy atom. The van der Waals surface area contributed by atoms with Crippen molar-refractivity contribution in [2.24, 2.45) is 0 Å². The van der Waals surface area contributed by atoms with E-state index in [1.54, 1.807) is 6.07 Å². The Hall–Kier alpha value is -1.32. The molecule has 0 atom stereocenters. The fraction of sp³-hybridized carbons (Fsp3) is 0.556. The van der Waals surface area contributed by atoms with Gasteiger partial charge >= 0.3 is 0 Å². The molecule has 72 valence electrons. The van der Waals surface area contributed by atoms with Crippen LogP contribution in [-0.4, -0.2) is 9.97 Å². The van der Waals surface area contributed by atoms with Crippen LogP contribution in [0.1, 0.15) is 31.9 Å². The highest BCUT2D eigenvalue weighted by Gasteiger charge is 1.98. The van der Waals surface area contributed by atoms with Gasteiger partial charge in [0.15, 0.2) is 0 Å². The Bertz CT molecular complexity index is 252. The first-order chi connectivity index (χ1) is 6.22. The topological polar surface area (TPSA) is 77.8 Å². The number of hydrogen-bond donors (Lipinski definition) is 2. The summed E-state index contributed by atoms with van der Waals surface area (Å²) in [7, 11) is 0. The molecule has 0 aromatic carbocycles. The van der Waals surface area contributed by atoms with E-state index in [-0.39, 0.29) is 5.95 Å². The number of nitrogens with two attached hydrogens (primary N) is 2. The van der Waals surface area contributed by atoms with Crippen LogP contribution in [0, 0.1) is 0 Å². The van der Waals surface area contributed by atoms with E-state index in [9.17, 15) is 0 Å². The van der Waals surface area contributed by atoms with Gasteiger partial charge in [0.1, 0.15) is 5.82 Å². The molecule has 0 aliphatic carbocycles. The van der Waals surface area contributed by atoms with Crippen molar-refractivity contribution in [2.45, 2.75) is 32.6 Å². The predicted molar refractivity (Wildman–Crippen MR) is 54.1 cm³/mol. The normalized spacial score (nSPS) is 10.2. The summed E-state index contributed by atoms with van der Waals surface area (Å²) in [5.41, 5.74) is 11.9. The molecule has 0 amide bonds. The number of nitrogen functional groups attached to an aromatic ring is 2. The molecular formula is C9H16N4. The summed E-state index contributed by atoms with van der Waals surface area (Å²) < 4.78 is 0. The van der Waals surface area contributed by atoms with Crippen molar-refractivity contribution in [3.8, 4) is 0 Å². The summed E-state index contributed by atoms with van der Waals surface area (Å²) in [5, 5.41) is 0. The van der Waals surface area contributed by atoms with Crippen molar-refractivity contribution < 1.29 is 0 Å². The fourth-order valence-electron chi connectivity index (χ4n) is 1.22. The van der Waals surface area contributed by atoms with Gasteiger partial charge in [0, 0.05) is 11.8 Å². The lowest BCUT2D eigenvalue weighted by Gasteiger charge is -2.01. The molecule has 1 aromatic rings. The molecule has 1 heterocycles. The zero-order chi connectivity index (χ0) is 9.68. The highest BCUT2D eigenvalue weighted by Crippen LogP contribution is 2.08. The number of aromatic nitrogens is 2. The second kappa shape index (κ2) is 4.64. The average molecular weight is 180 g/mol. The zero-order valence-electron chi connectivity index (χ0n) is 7.95. The van der Waals surface area contributed by atoms with Crippen LogP contribution in [0.5, 0.6) is 0 Å². The van der Waals surface area contributed by atoms with Crippen LogP contribution >= 0.6 is 0 Å². The number of aryl methyl sites for hydroxylation is 1. The average Bonchev–Trinajstić information content (AvgIpc) is 2.03. The minimum atomic E-state index is 0.270. The molecule has 0 aliphatic rings. The van der Waals surface area contributed by atoms with Crippen molar-refractivity contribution in [3.63, 3.8) is 0 Å². The Kier molecular flexibility index (Phi) is 3.49. The molecule has 4 nitrogen and oxygen atoms in total. The standard InChI is InChI=1S/C9H16N4/c1-2-3-4-5-7-6-8(10)13-9(11)12-7/h6H,2-5H2,1H3,(H4,10,11,12,13). The van der Waals surface area contributed by atoms with Gasteiger partial charge in [-0.05, 0) is 12.8 Å². The summed E-state index contributed by atoms with van der Waals surface area (Å²) >= 11 is 0. The molecule has 0 spiro atoms. The van der Waals surface area contributed by atoms with Gasteiger partial charge in [-0.1, -0.05) is 19.8 Å². The van der Waals surface area contributed by atoms with Crippen LogP contribution in [0.2, 0.25) is 0 Å². The summed E-state index contributed by atoms with van der Waals surface area (Å²) in [4.78, 5) is 7.90. The summed E-state index contributed by atoms with van der Waals surface area (Å²) in [6.45, 7) is 2.17. The van der Waals surface area contributed by atoms with E-state index in [1.807, 2.05) is 0 Å². The summed E-state index contributed by atoms with van der Waals surface area (Å²) in [6.07, 6.45) is 4.48. The first-order valence-electron chi connectivity index (χ1n) is 4.61. The largest absolute Gasteiger partial charge is 0.384 e. The number of hydrogen-bond acceptors (Lipinski definition) is 4. The van der Waals surface area contributed by atoms with Gasteiger partial charge in [-0.15, -0.1) is 0 Å². The van der Waals surface area contributed by atoms with Gasteiger partial charge in [0.05, 0.1) is 0 Å². The predicted octanol–water partition coefficient (Wildman–Crippen LogP) is 1.37. The minimum absolute atomic E-state index is 0.270. The molecule has 0 aliphatic heterocycles. The van der Waals surface area contributed by atoms with Gasteiger partial charge in [-0.3, -0.25) is 0 Å². The molecule has 0 saturated carbocycles. The lowest BCUT2D eigenvalue weighted by Crippen LogP contribution is -2.02. The molecule has 1 aromatic heterocycles. The monoisotopic (exact) mass is 180 g/mol. The first-order valence-corrected chi connectivity index (χ1v) is 4.61. The van der Waals surface area contributed by atoms with Crippen LogP contribution in [0.3, 0.4) is 0 Å². The second-order valence-electron chi connectivity index (χ2n) is 3.10. The maximum Gasteiger partial charge on any atom is 0.222 e. The third-order valence-corrected chi connectivity index (χ3v) is 1.85. The third kappa shape index (κ3) is 3.27. The number of anilines is 2. The van der Waals surface area contributed by atoms with Crippen molar-refractivity contribution in [1.29, 1.82) is 0 Å². The van der Waals surface area contributed by atoms with Gasteiger partial charge in [0.2, 0.25) is 5.95 Å². The van der Waals surface area contributed by atoms with Crippen LogP contribution in [-0.2, 0) is 6.42 Å². The van der Waals surface area contributed by atoms with Gasteiger partial charge in [-0.2, -0.15) is 4.98 Å². The fourth-order valence-corrected chi connectivity index (χ4v) is 1.22. The van der Waals surface area contributed by atoms with Crippen LogP contribution in [0.15, 0.2) is 6.07 Å². The van der Waals surface area contributed by atoms with E-state index in [0.29, 0.717) is 5.82 Å². The first kappa shape index (κ1) is 9.77. The molecule has 0 fully saturated rings. The third-order valence-electron chi connectivity index (χ3n) is 1.85. The van der Waals surface area contributed by atoms with Crippen molar-refractivity contribution in [3.05, 3.63) is 11.8 Å². The smallest absolute Gasteiger partial charge is 0.222 e. The molecule has 0 unspecified atom stereocenters. The van der Waals surface area contributed by atoms with Gasteiger partial charge < -0.3 is 11.5 Å². The molecule has 13 heavy (non-hydrogen) atoms. The Labute approximate surface area is 78.4 Å². The van der Waals surface area contributed by atoms with E-state index < -0.39 is 0 Å². The van der Waals surface area contributed by atoms with E-state index in [2.05, 4.69) is 16.9 Å². The highest BCUT2D eigenvalue weighted by molar-refractivity contribution is 5.35. The minimum Gasteiger partial charge on any atom is -0.384 e. The maximum absolute atomic E-state index is 5.53. The maximum atomic E-state index is 5.53. The Balaban J connectivity index is 2.56. The molecule has 0 saturated heterocycles. The molecule has 4 N–H and O–H groups in total. The van der Waals surface area contributed by atoms with Crippen molar-refractivity contribution >= 4 is 11.8 Å². The SMILES string of the molecule is CCCCCc1cc(N)nc(N)n1. The van der Waals surface area contributed by atoms with E-state index in [0.717, 1.165) is 18.5 Å². The van der Waals surface area contributed by atoms with Gasteiger partial charge in [0.25, 0.3) is 0 Å². The lowest BCUT2D eigenvalue weighted by atomic mass is 10.1. The Morgan fingerprint density at radius 1 is 1.23 bits per heavy atom. The molecule has 1 rings (SSSR count). The van der Waals surface area contributed by atoms with Gasteiger partial charge in [-0.25, -0.2) is 4.98 Å². The lowest BCUT2D eigenvalue weighted by molar-refractivity contribution is 0.707. The number of unbranched alkanes of at least 4 members (excludes halogenated alkanes) is 2. The summed E-state index contributed by atoms with van der Waals surface area (Å²) in [6, 6.07) is 1.78. The summed E-state index contributed by atoms with van der Waals surface area (Å²) in [5.74, 6) is 0.727. The molecule has 4 heteroatoms. The molecular weight excluding hydrogens is 164 g/mol. The van der Waals surface area contributed by atoms with E-state index in [1.165, 1.54) is 12.8 Å². The van der Waals surface area contributed by atoms with Crippen molar-refractivity contribution in [1.82, 2.24) is 9.97 Å². The van der Waals surface area contributed by atoms with Crippen LogP contribution in [0.4, 0.5) is 11.8 Å². The van der Waals surface area contributed by atoms with Crippen LogP contribution in [0.25, 0.3) is 0 Å². The Morgan fingerprint density at radius 3 is 2.62 bits per heavy atom.